The van der Waals surface area contributed by atoms with E-state index in [-0.39, 0.29) is 24.3 Å². The molecule has 0 saturated heterocycles. The minimum absolute atomic E-state index is 0.160. The van der Waals surface area contributed by atoms with Crippen LogP contribution in [-0.2, 0) is 4.79 Å². The standard InChI is InChI=1S/C9H11ClF2O/c1-7(10)4-8(6-13)2-3-9(11,12)5-8/h6H,1-5H2. The van der Waals surface area contributed by atoms with Crippen molar-refractivity contribution in [1.29, 1.82) is 0 Å². The lowest BCUT2D eigenvalue weighted by atomic mass is 9.84. The van der Waals surface area contributed by atoms with Gasteiger partial charge >= 0.3 is 0 Å². The first-order chi connectivity index (χ1) is 5.89. The van der Waals surface area contributed by atoms with Crippen LogP contribution in [0, 0.1) is 5.41 Å². The summed E-state index contributed by atoms with van der Waals surface area (Å²) in [6.45, 7) is 3.42. The number of aldehydes is 1. The van der Waals surface area contributed by atoms with E-state index in [0.29, 0.717) is 6.29 Å². The molecule has 0 aliphatic heterocycles. The van der Waals surface area contributed by atoms with Gasteiger partial charge in [0.15, 0.2) is 0 Å². The van der Waals surface area contributed by atoms with Gasteiger partial charge in [0.05, 0.1) is 0 Å². The zero-order chi connectivity index (χ0) is 10.1. The Balaban J connectivity index is 2.74. The topological polar surface area (TPSA) is 17.1 Å². The summed E-state index contributed by atoms with van der Waals surface area (Å²) in [6, 6.07) is 0. The van der Waals surface area contributed by atoms with Gasteiger partial charge in [-0.3, -0.25) is 0 Å². The molecule has 0 spiro atoms. The molecule has 1 aliphatic carbocycles. The van der Waals surface area contributed by atoms with Crippen LogP contribution in [-0.4, -0.2) is 12.2 Å². The molecule has 0 N–H and O–H groups in total. The summed E-state index contributed by atoms with van der Waals surface area (Å²) in [6.07, 6.45) is 0.343. The van der Waals surface area contributed by atoms with Crippen molar-refractivity contribution in [1.82, 2.24) is 0 Å². The largest absolute Gasteiger partial charge is 0.303 e. The summed E-state index contributed by atoms with van der Waals surface area (Å²) in [4.78, 5) is 10.7. The average molecular weight is 209 g/mol. The maximum atomic E-state index is 12.8. The lowest BCUT2D eigenvalue weighted by Crippen LogP contribution is -2.21. The molecule has 74 valence electrons. The molecular weight excluding hydrogens is 198 g/mol. The van der Waals surface area contributed by atoms with Gasteiger partial charge in [-0.2, -0.15) is 0 Å². The highest BCUT2D eigenvalue weighted by atomic mass is 35.5. The number of hydrogen-bond acceptors (Lipinski definition) is 1. The minimum Gasteiger partial charge on any atom is -0.303 e. The molecule has 0 aromatic carbocycles. The van der Waals surface area contributed by atoms with E-state index in [4.69, 9.17) is 11.6 Å². The van der Waals surface area contributed by atoms with E-state index >= 15 is 0 Å². The minimum atomic E-state index is -2.72. The smallest absolute Gasteiger partial charge is 0.249 e. The van der Waals surface area contributed by atoms with Gasteiger partial charge in [0.2, 0.25) is 5.92 Å². The molecule has 1 atom stereocenters. The van der Waals surface area contributed by atoms with Crippen molar-refractivity contribution < 1.29 is 13.6 Å². The summed E-state index contributed by atoms with van der Waals surface area (Å²) in [7, 11) is 0. The second-order valence-electron chi connectivity index (χ2n) is 3.71. The lowest BCUT2D eigenvalue weighted by Gasteiger charge is -2.20. The molecule has 1 fully saturated rings. The van der Waals surface area contributed by atoms with E-state index in [1.165, 1.54) is 0 Å². The molecule has 4 heteroatoms. The Morgan fingerprint density at radius 2 is 2.15 bits per heavy atom. The summed E-state index contributed by atoms with van der Waals surface area (Å²) >= 11 is 5.52. The molecule has 0 bridgehead atoms. The lowest BCUT2D eigenvalue weighted by molar-refractivity contribution is -0.117. The molecule has 1 saturated carbocycles. The fourth-order valence-electron chi connectivity index (χ4n) is 1.80. The number of alkyl halides is 2. The highest BCUT2D eigenvalue weighted by Crippen LogP contribution is 2.49. The van der Waals surface area contributed by atoms with Gasteiger partial charge in [-0.05, 0) is 12.8 Å². The first-order valence-corrected chi connectivity index (χ1v) is 4.44. The molecule has 1 rings (SSSR count). The number of hydrogen-bond donors (Lipinski definition) is 0. The average Bonchev–Trinajstić information content (AvgIpc) is 2.26. The Labute approximate surface area is 80.8 Å². The van der Waals surface area contributed by atoms with Crippen LogP contribution in [0.5, 0.6) is 0 Å². The monoisotopic (exact) mass is 208 g/mol. The second-order valence-corrected chi connectivity index (χ2v) is 4.24. The quantitative estimate of drug-likeness (QED) is 0.652. The highest BCUT2D eigenvalue weighted by Gasteiger charge is 2.49. The Morgan fingerprint density at radius 3 is 2.46 bits per heavy atom. The second kappa shape index (κ2) is 3.37. The molecule has 0 aromatic heterocycles. The predicted molar refractivity (Wildman–Crippen MR) is 46.9 cm³/mol. The third-order valence-corrected chi connectivity index (χ3v) is 2.53. The zero-order valence-electron chi connectivity index (χ0n) is 7.16. The van der Waals surface area contributed by atoms with Crippen LogP contribution in [0.3, 0.4) is 0 Å². The van der Waals surface area contributed by atoms with Crippen LogP contribution in [0.15, 0.2) is 11.6 Å². The van der Waals surface area contributed by atoms with Gasteiger partial charge < -0.3 is 4.79 Å². The van der Waals surface area contributed by atoms with E-state index in [9.17, 15) is 13.6 Å². The van der Waals surface area contributed by atoms with E-state index < -0.39 is 17.8 Å². The van der Waals surface area contributed by atoms with Gasteiger partial charge in [0, 0.05) is 23.3 Å². The van der Waals surface area contributed by atoms with Gasteiger partial charge in [0.1, 0.15) is 6.29 Å². The Morgan fingerprint density at radius 1 is 1.54 bits per heavy atom. The number of rotatable bonds is 3. The van der Waals surface area contributed by atoms with Crippen LogP contribution < -0.4 is 0 Å². The van der Waals surface area contributed by atoms with E-state index in [0.717, 1.165) is 0 Å². The number of allylic oxidation sites excluding steroid dienone is 1. The fraction of sp³-hybridized carbons (Fsp3) is 0.667. The van der Waals surface area contributed by atoms with Crippen LogP contribution in [0.1, 0.15) is 25.7 Å². The van der Waals surface area contributed by atoms with Gasteiger partial charge in [0.25, 0.3) is 0 Å². The molecule has 1 unspecified atom stereocenters. The normalized spacial score (nSPS) is 31.6. The molecule has 0 heterocycles. The number of carbonyl (C=O) groups is 1. The molecule has 0 aromatic rings. The summed E-state index contributed by atoms with van der Waals surface area (Å²) < 4.78 is 25.7. The van der Waals surface area contributed by atoms with Gasteiger partial charge in [-0.25, -0.2) is 8.78 Å². The van der Waals surface area contributed by atoms with Gasteiger partial charge in [-0.1, -0.05) is 18.2 Å². The van der Waals surface area contributed by atoms with Crippen LogP contribution in [0.2, 0.25) is 0 Å². The van der Waals surface area contributed by atoms with Crippen molar-refractivity contribution in [2.45, 2.75) is 31.6 Å². The van der Waals surface area contributed by atoms with Crippen LogP contribution >= 0.6 is 11.6 Å². The zero-order valence-corrected chi connectivity index (χ0v) is 7.91. The molecule has 0 amide bonds. The van der Waals surface area contributed by atoms with E-state index in [2.05, 4.69) is 6.58 Å². The summed E-state index contributed by atoms with van der Waals surface area (Å²) in [5.41, 5.74) is -0.970. The van der Waals surface area contributed by atoms with Crippen LogP contribution in [0.4, 0.5) is 8.78 Å². The predicted octanol–water partition coefficient (Wildman–Crippen LogP) is 3.13. The van der Waals surface area contributed by atoms with E-state index in [1.807, 2.05) is 0 Å². The molecule has 1 nitrogen and oxygen atoms in total. The Kier molecular flexibility index (Phi) is 2.76. The first-order valence-electron chi connectivity index (χ1n) is 4.07. The number of carbonyl (C=O) groups excluding carboxylic acids is 1. The molecule has 1 aliphatic rings. The van der Waals surface area contributed by atoms with Crippen molar-refractivity contribution in [3.8, 4) is 0 Å². The SMILES string of the molecule is C=C(Cl)CC1(C=O)CCC(F)(F)C1. The Hall–Kier alpha value is -0.440. The number of halogens is 3. The van der Waals surface area contributed by atoms with Gasteiger partial charge in [-0.15, -0.1) is 0 Å². The van der Waals surface area contributed by atoms with Crippen LogP contribution in [0.25, 0.3) is 0 Å². The highest BCUT2D eigenvalue weighted by molar-refractivity contribution is 6.29. The Bertz CT molecular complexity index is 240. The van der Waals surface area contributed by atoms with Crippen molar-refractivity contribution in [2.24, 2.45) is 5.41 Å². The summed E-state index contributed by atoms with van der Waals surface area (Å²) in [5, 5.41) is 0.268. The van der Waals surface area contributed by atoms with Crippen molar-refractivity contribution in [2.75, 3.05) is 0 Å². The summed E-state index contributed by atoms with van der Waals surface area (Å²) in [5.74, 6) is -2.72. The molecule has 13 heavy (non-hydrogen) atoms. The van der Waals surface area contributed by atoms with Crippen molar-refractivity contribution >= 4 is 17.9 Å². The third-order valence-electron chi connectivity index (χ3n) is 2.39. The van der Waals surface area contributed by atoms with Crippen molar-refractivity contribution in [3.63, 3.8) is 0 Å². The fourth-order valence-corrected chi connectivity index (χ4v) is 2.06. The van der Waals surface area contributed by atoms with Crippen molar-refractivity contribution in [3.05, 3.63) is 11.6 Å². The molecular formula is C9H11ClF2O. The maximum absolute atomic E-state index is 12.8. The third kappa shape index (κ3) is 2.50. The first kappa shape index (κ1) is 10.6. The van der Waals surface area contributed by atoms with E-state index in [1.54, 1.807) is 0 Å². The maximum Gasteiger partial charge on any atom is 0.249 e. The molecule has 0 radical (unpaired) electrons.